The normalized spacial score (nSPS) is 11.5. The molecule has 4 aromatic rings. The quantitative estimate of drug-likeness (QED) is 0.470. The van der Waals surface area contributed by atoms with Gasteiger partial charge in [-0.2, -0.15) is 0 Å². The van der Waals surface area contributed by atoms with E-state index in [1.165, 1.54) is 23.1 Å². The molecule has 9 heteroatoms. The van der Waals surface area contributed by atoms with Crippen molar-refractivity contribution in [2.24, 2.45) is 0 Å². The fourth-order valence-electron chi connectivity index (χ4n) is 2.74. The molecule has 0 saturated heterocycles. The number of nitrogens with zero attached hydrogens (tertiary/aromatic N) is 5. The third-order valence-corrected chi connectivity index (χ3v) is 5.73. The van der Waals surface area contributed by atoms with Crippen LogP contribution in [0.4, 0.5) is 0 Å². The van der Waals surface area contributed by atoms with E-state index in [1.807, 2.05) is 18.4 Å². The predicted octanol–water partition coefficient (Wildman–Crippen LogP) is 3.62. The number of rotatable bonds is 6. The number of thiazole rings is 1. The van der Waals surface area contributed by atoms with Gasteiger partial charge in [0, 0.05) is 29.9 Å². The topological polar surface area (TPSA) is 78.2 Å². The second kappa shape index (κ2) is 7.08. The lowest BCUT2D eigenvalue weighted by Crippen LogP contribution is -2.12. The molecular weight excluding hydrogens is 370 g/mol. The molecule has 4 heterocycles. The number of hydrogen-bond acceptors (Lipinski definition) is 7. The van der Waals surface area contributed by atoms with Gasteiger partial charge in [-0.3, -0.25) is 9.20 Å². The van der Waals surface area contributed by atoms with Crippen LogP contribution in [0.2, 0.25) is 0 Å². The lowest BCUT2D eigenvalue weighted by Gasteiger charge is -2.08. The Bertz CT molecular complexity index is 1110. The van der Waals surface area contributed by atoms with E-state index in [1.54, 1.807) is 22.9 Å². The molecule has 0 spiro atoms. The summed E-state index contributed by atoms with van der Waals surface area (Å²) in [5, 5.41) is 11.4. The van der Waals surface area contributed by atoms with E-state index in [9.17, 15) is 4.79 Å². The molecule has 0 atom stereocenters. The van der Waals surface area contributed by atoms with Crippen LogP contribution in [0.5, 0.6) is 0 Å². The van der Waals surface area contributed by atoms with Gasteiger partial charge in [0.15, 0.2) is 15.9 Å². The highest BCUT2D eigenvalue weighted by atomic mass is 32.2. The van der Waals surface area contributed by atoms with E-state index >= 15 is 0 Å². The molecule has 0 N–H and O–H groups in total. The second-order valence-electron chi connectivity index (χ2n) is 5.78. The van der Waals surface area contributed by atoms with Crippen LogP contribution in [0.15, 0.2) is 44.3 Å². The molecule has 7 nitrogen and oxygen atoms in total. The van der Waals surface area contributed by atoms with Gasteiger partial charge in [-0.15, -0.1) is 21.5 Å². The van der Waals surface area contributed by atoms with E-state index in [-0.39, 0.29) is 5.56 Å². The molecule has 0 amide bonds. The number of thioether (sulfide) groups is 1. The van der Waals surface area contributed by atoms with Crippen LogP contribution in [0.1, 0.15) is 24.8 Å². The first kappa shape index (κ1) is 17.0. The summed E-state index contributed by atoms with van der Waals surface area (Å²) >= 11 is 2.99. The second-order valence-corrected chi connectivity index (χ2v) is 7.59. The monoisotopic (exact) mass is 387 g/mol. The molecule has 0 aromatic carbocycles. The molecule has 0 radical (unpaired) electrons. The third kappa shape index (κ3) is 3.08. The van der Waals surface area contributed by atoms with Gasteiger partial charge in [0.05, 0.1) is 17.5 Å². The molecule has 0 saturated carbocycles. The minimum Gasteiger partial charge on any atom is -0.469 e. The minimum atomic E-state index is -0.0587. The van der Waals surface area contributed by atoms with Crippen molar-refractivity contribution in [1.29, 1.82) is 0 Å². The van der Waals surface area contributed by atoms with Crippen molar-refractivity contribution < 1.29 is 4.42 Å². The fourth-order valence-corrected chi connectivity index (χ4v) is 4.33. The van der Waals surface area contributed by atoms with Gasteiger partial charge in [0.1, 0.15) is 5.76 Å². The number of aryl methyl sites for hydroxylation is 1. The lowest BCUT2D eigenvalue weighted by atomic mass is 10.2. The standard InChI is InChI=1S/C17H17N5O2S2/c1-3-5-22-15(13-4-7-24-11(13)2)19-20-17(22)26-10-12-9-14(23)21-6-8-25-16(21)18-12/h4,6-9H,3,5,10H2,1-2H3. The van der Waals surface area contributed by atoms with Crippen molar-refractivity contribution in [3.05, 3.63) is 51.8 Å². The Kier molecular flexibility index (Phi) is 4.64. The van der Waals surface area contributed by atoms with Crippen LogP contribution >= 0.6 is 23.1 Å². The van der Waals surface area contributed by atoms with Crippen LogP contribution in [-0.4, -0.2) is 24.1 Å². The largest absolute Gasteiger partial charge is 0.469 e. The minimum absolute atomic E-state index is 0.0587. The van der Waals surface area contributed by atoms with Gasteiger partial charge < -0.3 is 8.98 Å². The van der Waals surface area contributed by atoms with Crippen molar-refractivity contribution in [3.8, 4) is 11.4 Å². The highest BCUT2D eigenvalue weighted by Crippen LogP contribution is 2.28. The van der Waals surface area contributed by atoms with E-state index in [0.29, 0.717) is 10.7 Å². The van der Waals surface area contributed by atoms with Crippen LogP contribution < -0.4 is 5.56 Å². The molecular formula is C17H17N5O2S2. The summed E-state index contributed by atoms with van der Waals surface area (Å²) in [6.45, 7) is 4.85. The Hall–Kier alpha value is -2.39. The van der Waals surface area contributed by atoms with Gasteiger partial charge in [-0.1, -0.05) is 18.7 Å². The number of fused-ring (bicyclic) bond motifs is 1. The smallest absolute Gasteiger partial charge is 0.258 e. The molecule has 4 rings (SSSR count). The van der Waals surface area contributed by atoms with Gasteiger partial charge in [0.25, 0.3) is 5.56 Å². The summed E-state index contributed by atoms with van der Waals surface area (Å²) < 4.78 is 9.05. The summed E-state index contributed by atoms with van der Waals surface area (Å²) in [4.78, 5) is 17.4. The Balaban J connectivity index is 1.62. The van der Waals surface area contributed by atoms with Crippen LogP contribution in [0.3, 0.4) is 0 Å². The summed E-state index contributed by atoms with van der Waals surface area (Å²) in [6, 6.07) is 3.49. The summed E-state index contributed by atoms with van der Waals surface area (Å²) in [7, 11) is 0. The molecule has 0 unspecified atom stereocenters. The number of aromatic nitrogens is 5. The zero-order chi connectivity index (χ0) is 18.1. The zero-order valence-corrected chi connectivity index (χ0v) is 16.0. The molecule has 0 bridgehead atoms. The molecule has 26 heavy (non-hydrogen) atoms. The van der Waals surface area contributed by atoms with Crippen LogP contribution in [-0.2, 0) is 12.3 Å². The lowest BCUT2D eigenvalue weighted by molar-refractivity contribution is 0.534. The van der Waals surface area contributed by atoms with Gasteiger partial charge in [0.2, 0.25) is 0 Å². The summed E-state index contributed by atoms with van der Waals surface area (Å²) in [5.41, 5.74) is 1.64. The third-order valence-electron chi connectivity index (χ3n) is 3.97. The average molecular weight is 387 g/mol. The van der Waals surface area contributed by atoms with E-state index in [0.717, 1.165) is 41.0 Å². The first-order valence-electron chi connectivity index (χ1n) is 8.23. The van der Waals surface area contributed by atoms with Crippen molar-refractivity contribution in [2.45, 2.75) is 37.7 Å². The Morgan fingerprint density at radius 2 is 2.23 bits per heavy atom. The first-order chi connectivity index (χ1) is 12.7. The van der Waals surface area contributed by atoms with Crippen molar-refractivity contribution in [2.75, 3.05) is 0 Å². The van der Waals surface area contributed by atoms with Crippen LogP contribution in [0, 0.1) is 6.92 Å². The molecule has 134 valence electrons. The van der Waals surface area contributed by atoms with Gasteiger partial charge in [-0.25, -0.2) is 4.98 Å². The highest BCUT2D eigenvalue weighted by molar-refractivity contribution is 7.98. The molecule has 0 aliphatic heterocycles. The SMILES string of the molecule is CCCn1c(SCc2cc(=O)n3ccsc3n2)nnc1-c1ccoc1C. The van der Waals surface area contributed by atoms with Crippen molar-refractivity contribution in [1.82, 2.24) is 24.1 Å². The first-order valence-corrected chi connectivity index (χ1v) is 10.1. The number of furan rings is 1. The maximum atomic E-state index is 12.1. The molecule has 0 aliphatic rings. The fraction of sp³-hybridized carbons (Fsp3) is 0.294. The Labute approximate surface area is 157 Å². The Morgan fingerprint density at radius 3 is 3.00 bits per heavy atom. The number of hydrogen-bond donors (Lipinski definition) is 0. The van der Waals surface area contributed by atoms with Gasteiger partial charge >= 0.3 is 0 Å². The zero-order valence-electron chi connectivity index (χ0n) is 14.4. The average Bonchev–Trinajstić information content (AvgIpc) is 3.33. The van der Waals surface area contributed by atoms with Crippen LogP contribution in [0.25, 0.3) is 16.3 Å². The molecule has 0 fully saturated rings. The van der Waals surface area contributed by atoms with E-state index in [2.05, 4.69) is 26.7 Å². The van der Waals surface area contributed by atoms with Crippen molar-refractivity contribution in [3.63, 3.8) is 0 Å². The van der Waals surface area contributed by atoms with E-state index in [4.69, 9.17) is 4.42 Å². The maximum absolute atomic E-state index is 12.1. The maximum Gasteiger partial charge on any atom is 0.258 e. The Morgan fingerprint density at radius 1 is 1.35 bits per heavy atom. The molecule has 4 aromatic heterocycles. The van der Waals surface area contributed by atoms with Crippen molar-refractivity contribution >= 4 is 28.1 Å². The highest BCUT2D eigenvalue weighted by Gasteiger charge is 2.17. The predicted molar refractivity (Wildman–Crippen MR) is 102 cm³/mol. The van der Waals surface area contributed by atoms with Gasteiger partial charge in [-0.05, 0) is 19.4 Å². The van der Waals surface area contributed by atoms with E-state index < -0.39 is 0 Å². The summed E-state index contributed by atoms with van der Waals surface area (Å²) in [5.74, 6) is 2.20. The summed E-state index contributed by atoms with van der Waals surface area (Å²) in [6.07, 6.45) is 4.37. The molecule has 0 aliphatic carbocycles.